The third-order valence-electron chi connectivity index (χ3n) is 6.84. The number of hydrogen-bond acceptors (Lipinski definition) is 7. The highest BCUT2D eigenvalue weighted by molar-refractivity contribution is 6.08. The molecule has 4 rings (SSSR count). The van der Waals surface area contributed by atoms with E-state index < -0.39 is 66.5 Å². The van der Waals surface area contributed by atoms with Gasteiger partial charge in [0.1, 0.15) is 37.0 Å². The van der Waals surface area contributed by atoms with Gasteiger partial charge in [0.05, 0.1) is 12.1 Å². The first-order chi connectivity index (χ1) is 19.5. The number of nitrogens with one attached hydrogen (secondary N) is 2. The van der Waals surface area contributed by atoms with Crippen molar-refractivity contribution in [3.8, 4) is 0 Å². The number of halogens is 1. The second-order valence-corrected chi connectivity index (χ2v) is 11.1. The van der Waals surface area contributed by atoms with Gasteiger partial charge in [-0.2, -0.15) is 0 Å². The molecule has 0 saturated heterocycles. The average Bonchev–Trinajstić information content (AvgIpc) is 3.26. The van der Waals surface area contributed by atoms with Gasteiger partial charge in [-0.1, -0.05) is 48.5 Å². The van der Waals surface area contributed by atoms with Crippen molar-refractivity contribution in [3.05, 3.63) is 65.2 Å². The Balaban J connectivity index is 1.51. The van der Waals surface area contributed by atoms with Gasteiger partial charge in [0.25, 0.3) is 0 Å². The quantitative estimate of drug-likeness (QED) is 0.446. The Hall–Kier alpha value is -4.28. The number of ether oxygens (including phenoxy) is 2. The van der Waals surface area contributed by atoms with Gasteiger partial charge in [-0.15, -0.1) is 0 Å². The first kappa shape index (κ1) is 29.7. The zero-order chi connectivity index (χ0) is 29.7. The Bertz CT molecular complexity index is 1330. The zero-order valence-corrected chi connectivity index (χ0v) is 23.3. The number of Topliss-reactive ketones (excluding diaryl/α,β-unsaturated/α-hetero) is 1. The number of esters is 1. The Labute approximate surface area is 237 Å². The molecular weight excluding hydrogens is 533 g/mol. The van der Waals surface area contributed by atoms with E-state index in [0.29, 0.717) is 12.1 Å². The molecule has 2 aromatic carbocycles. The van der Waals surface area contributed by atoms with E-state index in [1.165, 1.54) is 4.90 Å². The lowest BCUT2D eigenvalue weighted by Crippen LogP contribution is -2.56. The Kier molecular flexibility index (Phi) is 9.05. The van der Waals surface area contributed by atoms with Crippen LogP contribution in [0.3, 0.4) is 0 Å². The monoisotopic (exact) mass is 567 g/mol. The highest BCUT2D eigenvalue weighted by Gasteiger charge is 2.45. The van der Waals surface area contributed by atoms with Crippen molar-refractivity contribution < 1.29 is 37.8 Å². The topological polar surface area (TPSA) is 131 Å². The summed E-state index contributed by atoms with van der Waals surface area (Å²) in [6.45, 7) is 3.58. The molecule has 0 saturated carbocycles. The predicted molar refractivity (Wildman–Crippen MR) is 147 cm³/mol. The Morgan fingerprint density at radius 1 is 1.05 bits per heavy atom. The minimum Gasteiger partial charge on any atom is -0.460 e. The molecule has 2 heterocycles. The first-order valence-corrected chi connectivity index (χ1v) is 13.5. The lowest BCUT2D eigenvalue weighted by Gasteiger charge is -2.29. The van der Waals surface area contributed by atoms with Crippen molar-refractivity contribution in [2.75, 3.05) is 11.6 Å². The molecule has 2 aromatic rings. The van der Waals surface area contributed by atoms with Gasteiger partial charge < -0.3 is 20.1 Å². The van der Waals surface area contributed by atoms with Crippen LogP contribution < -0.4 is 15.5 Å². The maximum Gasteiger partial charge on any atom is 0.408 e. The van der Waals surface area contributed by atoms with E-state index in [4.69, 9.17) is 9.47 Å². The molecule has 11 heteroatoms. The van der Waals surface area contributed by atoms with Gasteiger partial charge in [-0.3, -0.25) is 24.1 Å². The molecule has 2 aliphatic rings. The minimum absolute atomic E-state index is 0.0222. The van der Waals surface area contributed by atoms with Gasteiger partial charge in [0.15, 0.2) is 5.78 Å². The number of para-hydroxylation sites is 1. The number of aryl methyl sites for hydroxylation is 1. The molecular formula is C30H34FN3O7. The first-order valence-electron chi connectivity index (χ1n) is 13.5. The number of nitrogens with zero attached hydrogens (tertiary/aromatic N) is 1. The molecule has 0 bridgehead atoms. The van der Waals surface area contributed by atoms with E-state index >= 15 is 0 Å². The van der Waals surface area contributed by atoms with E-state index in [1.807, 2.05) is 30.3 Å². The number of alkyl halides is 1. The van der Waals surface area contributed by atoms with Gasteiger partial charge in [0.2, 0.25) is 11.8 Å². The van der Waals surface area contributed by atoms with Gasteiger partial charge in [0, 0.05) is 6.42 Å². The normalized spacial score (nSPS) is 18.5. The number of hydrogen-bond donors (Lipinski definition) is 2. The highest BCUT2D eigenvalue weighted by atomic mass is 19.1. The number of benzene rings is 2. The smallest absolute Gasteiger partial charge is 0.408 e. The molecule has 3 atom stereocenters. The molecule has 2 N–H and O–H groups in total. The zero-order valence-electron chi connectivity index (χ0n) is 23.3. The van der Waals surface area contributed by atoms with Gasteiger partial charge >= 0.3 is 12.1 Å². The molecule has 3 amide bonds. The van der Waals surface area contributed by atoms with Crippen LogP contribution in [0.25, 0.3) is 0 Å². The number of ketones is 1. The van der Waals surface area contributed by atoms with Crippen LogP contribution in [0.2, 0.25) is 0 Å². The molecule has 2 aliphatic heterocycles. The van der Waals surface area contributed by atoms with Crippen LogP contribution in [0.5, 0.6) is 0 Å². The molecule has 0 aliphatic carbocycles. The van der Waals surface area contributed by atoms with Crippen molar-refractivity contribution in [2.45, 2.75) is 76.8 Å². The largest absolute Gasteiger partial charge is 0.460 e. The molecule has 218 valence electrons. The van der Waals surface area contributed by atoms with Crippen molar-refractivity contribution >= 4 is 35.3 Å². The number of anilines is 1. The fourth-order valence-corrected chi connectivity index (χ4v) is 5.04. The maximum atomic E-state index is 13.8. The van der Waals surface area contributed by atoms with Crippen LogP contribution in [-0.4, -0.2) is 60.1 Å². The van der Waals surface area contributed by atoms with E-state index in [9.17, 15) is 28.4 Å². The van der Waals surface area contributed by atoms with Crippen LogP contribution in [0, 0.1) is 0 Å². The van der Waals surface area contributed by atoms with E-state index in [1.54, 1.807) is 39.0 Å². The average molecular weight is 568 g/mol. The number of carbonyl (C=O) groups excluding carboxylic acids is 5. The van der Waals surface area contributed by atoms with Crippen LogP contribution in [0.1, 0.15) is 50.3 Å². The summed E-state index contributed by atoms with van der Waals surface area (Å²) < 4.78 is 23.9. The number of alkyl carbamates (subject to hydrolysis) is 1. The van der Waals surface area contributed by atoms with Crippen LogP contribution >= 0.6 is 0 Å². The van der Waals surface area contributed by atoms with Crippen molar-refractivity contribution in [3.63, 3.8) is 0 Å². The second kappa shape index (κ2) is 12.5. The van der Waals surface area contributed by atoms with Crippen molar-refractivity contribution in [1.29, 1.82) is 0 Å². The maximum absolute atomic E-state index is 13.8. The molecule has 0 spiro atoms. The highest BCUT2D eigenvalue weighted by Crippen LogP contribution is 2.39. The SMILES string of the molecule is CC(C)(C)OC(=O)CC(NC(=O)C1Cc2cccc3c2N1C(=O)C(NC(=O)OCc1ccccc1)CC3)C(=O)CF. The summed E-state index contributed by atoms with van der Waals surface area (Å²) in [6, 6.07) is 11.1. The summed E-state index contributed by atoms with van der Waals surface area (Å²) in [5.74, 6) is -2.98. The van der Waals surface area contributed by atoms with Gasteiger partial charge in [-0.05, 0) is 50.3 Å². The van der Waals surface area contributed by atoms with Crippen molar-refractivity contribution in [1.82, 2.24) is 10.6 Å². The lowest BCUT2D eigenvalue weighted by atomic mass is 10.0. The standard InChI is InChI=1S/C30H34FN3O7/c1-30(2,3)41-25(36)15-22(24(35)16-31)32-27(37)23-14-20-11-7-10-19-12-13-21(28(38)34(23)26(19)20)33-29(39)40-17-18-8-5-4-6-9-18/h4-11,21-23H,12-17H2,1-3H3,(H,32,37)(H,33,39). The fourth-order valence-electron chi connectivity index (χ4n) is 5.04. The summed E-state index contributed by atoms with van der Waals surface area (Å²) in [6.07, 6.45) is -0.436. The van der Waals surface area contributed by atoms with E-state index in [0.717, 1.165) is 16.7 Å². The number of rotatable bonds is 9. The van der Waals surface area contributed by atoms with Crippen LogP contribution in [0.4, 0.5) is 14.9 Å². The molecule has 41 heavy (non-hydrogen) atoms. The van der Waals surface area contributed by atoms with E-state index in [-0.39, 0.29) is 19.4 Å². The minimum atomic E-state index is -1.46. The predicted octanol–water partition coefficient (Wildman–Crippen LogP) is 2.94. The molecule has 0 fully saturated rings. The summed E-state index contributed by atoms with van der Waals surface area (Å²) in [7, 11) is 0. The fraction of sp³-hybridized carbons (Fsp3) is 0.433. The molecule has 10 nitrogen and oxygen atoms in total. The molecule has 3 unspecified atom stereocenters. The summed E-state index contributed by atoms with van der Waals surface area (Å²) in [5.41, 5.74) is 2.12. The summed E-state index contributed by atoms with van der Waals surface area (Å²) >= 11 is 0. The van der Waals surface area contributed by atoms with Crippen molar-refractivity contribution in [2.24, 2.45) is 0 Å². The van der Waals surface area contributed by atoms with Crippen LogP contribution in [-0.2, 0) is 48.1 Å². The van der Waals surface area contributed by atoms with Crippen LogP contribution in [0.15, 0.2) is 48.5 Å². The second-order valence-electron chi connectivity index (χ2n) is 11.1. The van der Waals surface area contributed by atoms with E-state index in [2.05, 4.69) is 10.6 Å². The summed E-state index contributed by atoms with van der Waals surface area (Å²) in [4.78, 5) is 65.9. The number of carbonyl (C=O) groups is 5. The number of amides is 3. The lowest BCUT2D eigenvalue weighted by molar-refractivity contribution is -0.156. The third kappa shape index (κ3) is 7.27. The molecule has 0 aromatic heterocycles. The molecule has 0 radical (unpaired) electrons. The Morgan fingerprint density at radius 2 is 1.76 bits per heavy atom. The Morgan fingerprint density at radius 3 is 2.44 bits per heavy atom. The summed E-state index contributed by atoms with van der Waals surface area (Å²) in [5, 5.41) is 5.10. The van der Waals surface area contributed by atoms with Gasteiger partial charge in [-0.25, -0.2) is 9.18 Å². The third-order valence-corrected chi connectivity index (χ3v) is 6.84.